The Kier molecular flexibility index (Phi) is 3.54. The second kappa shape index (κ2) is 5.14. The summed E-state index contributed by atoms with van der Waals surface area (Å²) >= 11 is 0. The number of nitro benzene ring substituents is 1. The van der Waals surface area contributed by atoms with E-state index >= 15 is 0 Å². The van der Waals surface area contributed by atoms with E-state index in [0.29, 0.717) is 5.69 Å². The van der Waals surface area contributed by atoms with Crippen LogP contribution >= 0.6 is 0 Å². The summed E-state index contributed by atoms with van der Waals surface area (Å²) in [5, 5.41) is 29.4. The lowest BCUT2D eigenvalue weighted by Crippen LogP contribution is -2.40. The van der Waals surface area contributed by atoms with Gasteiger partial charge in [0, 0.05) is 25.1 Å². The zero-order valence-corrected chi connectivity index (χ0v) is 10.4. The highest BCUT2D eigenvalue weighted by molar-refractivity contribution is 5.85. The highest BCUT2D eigenvalue weighted by atomic mass is 16.6. The van der Waals surface area contributed by atoms with Gasteiger partial charge in [-0.05, 0) is 6.07 Å². The number of nitrogens with two attached hydrogens (primary N) is 1. The van der Waals surface area contributed by atoms with Gasteiger partial charge in [-0.25, -0.2) is 0 Å². The molecule has 0 bridgehead atoms. The summed E-state index contributed by atoms with van der Waals surface area (Å²) in [5.41, 5.74) is 5.50. The normalized spacial score (nSPS) is 21.5. The molecule has 0 radical (unpaired) electrons. The quantitative estimate of drug-likeness (QED) is 0.584. The van der Waals surface area contributed by atoms with E-state index in [0.717, 1.165) is 6.07 Å². The summed E-state index contributed by atoms with van der Waals surface area (Å²) in [6.07, 6.45) is -0.550. The minimum absolute atomic E-state index is 0.0690. The van der Waals surface area contributed by atoms with Crippen molar-refractivity contribution < 1.29 is 14.8 Å². The minimum Gasteiger partial charge on any atom is -0.391 e. The number of non-ortho nitro benzene ring substituents is 1. The SMILES string of the molecule is N#Cc1cc([N+](=O)[O-])ccc1N1CC(O)CC1C(N)=O. The van der Waals surface area contributed by atoms with Gasteiger partial charge in [0.15, 0.2) is 0 Å². The van der Waals surface area contributed by atoms with Gasteiger partial charge < -0.3 is 15.7 Å². The molecule has 2 atom stereocenters. The van der Waals surface area contributed by atoms with Crippen molar-refractivity contribution in [2.45, 2.75) is 18.6 Å². The second-order valence-corrected chi connectivity index (χ2v) is 4.53. The van der Waals surface area contributed by atoms with Crippen LogP contribution in [0.1, 0.15) is 12.0 Å². The molecule has 2 rings (SSSR count). The largest absolute Gasteiger partial charge is 0.391 e. The average molecular weight is 276 g/mol. The van der Waals surface area contributed by atoms with Crippen LogP contribution in [-0.4, -0.2) is 34.6 Å². The van der Waals surface area contributed by atoms with Crippen molar-refractivity contribution in [1.82, 2.24) is 0 Å². The van der Waals surface area contributed by atoms with Crippen molar-refractivity contribution in [2.75, 3.05) is 11.4 Å². The summed E-state index contributed by atoms with van der Waals surface area (Å²) in [4.78, 5) is 23.0. The zero-order valence-electron chi connectivity index (χ0n) is 10.4. The fourth-order valence-corrected chi connectivity index (χ4v) is 2.33. The summed E-state index contributed by atoms with van der Waals surface area (Å²) in [7, 11) is 0. The fourth-order valence-electron chi connectivity index (χ4n) is 2.33. The van der Waals surface area contributed by atoms with Gasteiger partial charge in [0.1, 0.15) is 12.1 Å². The Morgan fingerprint density at radius 3 is 2.85 bits per heavy atom. The van der Waals surface area contributed by atoms with E-state index in [-0.39, 0.29) is 24.2 Å². The van der Waals surface area contributed by atoms with E-state index < -0.39 is 23.0 Å². The van der Waals surface area contributed by atoms with E-state index in [2.05, 4.69) is 0 Å². The molecule has 104 valence electrons. The van der Waals surface area contributed by atoms with Crippen LogP contribution in [0.3, 0.4) is 0 Å². The number of carbonyl (C=O) groups is 1. The number of carbonyl (C=O) groups excluding carboxylic acids is 1. The summed E-state index contributed by atoms with van der Waals surface area (Å²) < 4.78 is 0. The number of amides is 1. The topological polar surface area (TPSA) is 133 Å². The predicted molar refractivity (Wildman–Crippen MR) is 68.8 cm³/mol. The third-order valence-corrected chi connectivity index (χ3v) is 3.23. The molecule has 20 heavy (non-hydrogen) atoms. The van der Waals surface area contributed by atoms with E-state index in [9.17, 15) is 20.0 Å². The maximum Gasteiger partial charge on any atom is 0.270 e. The highest BCUT2D eigenvalue weighted by Gasteiger charge is 2.36. The molecule has 1 aliphatic rings. The molecule has 1 aromatic rings. The van der Waals surface area contributed by atoms with E-state index in [1.54, 1.807) is 0 Å². The van der Waals surface area contributed by atoms with Gasteiger partial charge in [-0.3, -0.25) is 14.9 Å². The van der Waals surface area contributed by atoms with Crippen molar-refractivity contribution in [1.29, 1.82) is 5.26 Å². The summed E-state index contributed by atoms with van der Waals surface area (Å²) in [5.74, 6) is -0.608. The molecule has 0 aromatic heterocycles. The van der Waals surface area contributed by atoms with Crippen LogP contribution in [0.4, 0.5) is 11.4 Å². The zero-order chi connectivity index (χ0) is 14.9. The summed E-state index contributed by atoms with van der Waals surface area (Å²) in [6, 6.07) is 4.92. The van der Waals surface area contributed by atoms with Crippen LogP contribution in [0.5, 0.6) is 0 Å². The molecule has 0 spiro atoms. The third-order valence-electron chi connectivity index (χ3n) is 3.23. The predicted octanol–water partition coefficient (Wildman–Crippen LogP) is -0.109. The van der Waals surface area contributed by atoms with Gasteiger partial charge in [0.25, 0.3) is 5.69 Å². The Balaban J connectivity index is 2.44. The first-order valence-electron chi connectivity index (χ1n) is 5.86. The molecular formula is C12H12N4O4. The van der Waals surface area contributed by atoms with Crippen molar-refractivity contribution in [2.24, 2.45) is 5.73 Å². The van der Waals surface area contributed by atoms with Crippen LogP contribution < -0.4 is 10.6 Å². The second-order valence-electron chi connectivity index (χ2n) is 4.53. The number of nitriles is 1. The van der Waals surface area contributed by atoms with Crippen molar-refractivity contribution in [3.8, 4) is 6.07 Å². The lowest BCUT2D eigenvalue weighted by molar-refractivity contribution is -0.384. The highest BCUT2D eigenvalue weighted by Crippen LogP contribution is 2.30. The van der Waals surface area contributed by atoms with Crippen LogP contribution in [0.25, 0.3) is 0 Å². The molecule has 1 aliphatic heterocycles. The molecule has 2 unspecified atom stereocenters. The number of benzene rings is 1. The Morgan fingerprint density at radius 1 is 1.60 bits per heavy atom. The number of aliphatic hydroxyl groups is 1. The van der Waals surface area contributed by atoms with E-state index in [4.69, 9.17) is 11.0 Å². The number of hydrogen-bond donors (Lipinski definition) is 2. The number of β-amino-alcohol motifs (C(OH)–C–C–N with tert-alkyl or cyclic N) is 1. The standard InChI is InChI=1S/C12H12N4O4/c13-5-7-3-8(16(19)20)1-2-10(7)15-6-9(17)4-11(15)12(14)18/h1-3,9,11,17H,4,6H2,(H2,14,18). The number of aliphatic hydroxyl groups excluding tert-OH is 1. The lowest BCUT2D eigenvalue weighted by Gasteiger charge is -2.24. The number of primary amides is 1. The molecule has 1 heterocycles. The first kappa shape index (κ1) is 13.8. The number of rotatable bonds is 3. The third kappa shape index (κ3) is 2.39. The molecular weight excluding hydrogens is 264 g/mol. The Bertz CT molecular complexity index is 610. The van der Waals surface area contributed by atoms with Crippen LogP contribution in [-0.2, 0) is 4.79 Å². The maximum absolute atomic E-state index is 11.4. The minimum atomic E-state index is -0.728. The first-order valence-corrected chi connectivity index (χ1v) is 5.86. The van der Waals surface area contributed by atoms with Crippen LogP contribution in [0.2, 0.25) is 0 Å². The Hall–Kier alpha value is -2.66. The van der Waals surface area contributed by atoms with Gasteiger partial charge in [0.05, 0.1) is 22.3 Å². The summed E-state index contributed by atoms with van der Waals surface area (Å²) in [6.45, 7) is 0.153. The van der Waals surface area contributed by atoms with Gasteiger partial charge in [-0.15, -0.1) is 0 Å². The Morgan fingerprint density at radius 2 is 2.30 bits per heavy atom. The molecule has 1 fully saturated rings. The van der Waals surface area contributed by atoms with E-state index in [1.807, 2.05) is 6.07 Å². The van der Waals surface area contributed by atoms with Gasteiger partial charge in [0.2, 0.25) is 5.91 Å². The molecule has 0 aliphatic carbocycles. The van der Waals surface area contributed by atoms with Crippen LogP contribution in [0, 0.1) is 21.4 Å². The number of anilines is 1. The monoisotopic (exact) mass is 276 g/mol. The first-order chi connectivity index (χ1) is 9.43. The van der Waals surface area contributed by atoms with Crippen LogP contribution in [0.15, 0.2) is 18.2 Å². The van der Waals surface area contributed by atoms with Crippen molar-refractivity contribution in [3.05, 3.63) is 33.9 Å². The van der Waals surface area contributed by atoms with Gasteiger partial charge >= 0.3 is 0 Å². The average Bonchev–Trinajstić information content (AvgIpc) is 2.80. The molecule has 1 saturated heterocycles. The number of hydrogen-bond acceptors (Lipinski definition) is 6. The molecule has 8 heteroatoms. The lowest BCUT2D eigenvalue weighted by atomic mass is 10.1. The van der Waals surface area contributed by atoms with E-state index in [1.165, 1.54) is 17.0 Å². The molecule has 1 amide bonds. The molecule has 8 nitrogen and oxygen atoms in total. The van der Waals surface area contributed by atoms with Gasteiger partial charge in [-0.2, -0.15) is 5.26 Å². The smallest absolute Gasteiger partial charge is 0.270 e. The fraction of sp³-hybridized carbons (Fsp3) is 0.333. The number of nitrogens with zero attached hydrogens (tertiary/aromatic N) is 3. The maximum atomic E-state index is 11.4. The molecule has 1 aromatic carbocycles. The molecule has 3 N–H and O–H groups in total. The number of nitro groups is 1. The van der Waals surface area contributed by atoms with Crippen molar-refractivity contribution >= 4 is 17.3 Å². The Labute approximate surface area is 114 Å². The molecule has 0 saturated carbocycles. The van der Waals surface area contributed by atoms with Gasteiger partial charge in [-0.1, -0.05) is 0 Å². The van der Waals surface area contributed by atoms with Crippen molar-refractivity contribution in [3.63, 3.8) is 0 Å².